The Kier molecular flexibility index (Phi) is 6.09. The largest absolute Gasteiger partial charge is 0.494 e. The van der Waals surface area contributed by atoms with Gasteiger partial charge in [-0.05, 0) is 58.2 Å². The van der Waals surface area contributed by atoms with E-state index in [9.17, 15) is 4.39 Å². The number of halogens is 1. The summed E-state index contributed by atoms with van der Waals surface area (Å²) in [5.41, 5.74) is 1.04. The Balaban J connectivity index is 2.48. The molecule has 0 amide bonds. The molecule has 1 aromatic carbocycles. The molecule has 1 atom stereocenters. The maximum Gasteiger partial charge on any atom is 0.165 e. The molecule has 1 unspecified atom stereocenters. The van der Waals surface area contributed by atoms with E-state index >= 15 is 0 Å². The molecule has 1 rings (SSSR count). The smallest absolute Gasteiger partial charge is 0.165 e. The van der Waals surface area contributed by atoms with Gasteiger partial charge in [0.15, 0.2) is 11.6 Å². The Morgan fingerprint density at radius 1 is 1.39 bits per heavy atom. The Morgan fingerprint density at radius 3 is 2.72 bits per heavy atom. The van der Waals surface area contributed by atoms with Crippen LogP contribution in [0.1, 0.15) is 24.9 Å². The first-order valence-corrected chi connectivity index (χ1v) is 6.26. The number of nitrogens with zero attached hydrogens (tertiary/aromatic N) is 1. The van der Waals surface area contributed by atoms with Crippen LogP contribution in [0.2, 0.25) is 0 Å². The minimum Gasteiger partial charge on any atom is -0.494 e. The van der Waals surface area contributed by atoms with Crippen LogP contribution in [0.4, 0.5) is 4.39 Å². The van der Waals surface area contributed by atoms with E-state index in [1.54, 1.807) is 12.1 Å². The molecule has 0 bridgehead atoms. The van der Waals surface area contributed by atoms with Gasteiger partial charge in [-0.2, -0.15) is 0 Å². The van der Waals surface area contributed by atoms with Crippen LogP contribution < -0.4 is 10.1 Å². The standard InChI is InChI=1S/C14H23FN2O/c1-11(16-8-5-9-17(2)3)12-6-7-13(15)14(10-12)18-4/h6-7,10-11,16H,5,8-9H2,1-4H3. The Hall–Kier alpha value is -1.13. The molecule has 0 aromatic heterocycles. The second-order valence-electron chi connectivity index (χ2n) is 4.73. The molecule has 0 heterocycles. The van der Waals surface area contributed by atoms with Crippen molar-refractivity contribution in [1.29, 1.82) is 0 Å². The zero-order valence-electron chi connectivity index (χ0n) is 11.7. The van der Waals surface area contributed by atoms with Crippen molar-refractivity contribution in [3.05, 3.63) is 29.6 Å². The molecule has 0 aliphatic heterocycles. The number of benzene rings is 1. The second kappa shape index (κ2) is 7.34. The summed E-state index contributed by atoms with van der Waals surface area (Å²) in [5, 5.41) is 3.42. The fraction of sp³-hybridized carbons (Fsp3) is 0.571. The summed E-state index contributed by atoms with van der Waals surface area (Å²) in [6, 6.07) is 5.19. The summed E-state index contributed by atoms with van der Waals surface area (Å²) < 4.78 is 18.3. The summed E-state index contributed by atoms with van der Waals surface area (Å²) >= 11 is 0. The van der Waals surface area contributed by atoms with Crippen molar-refractivity contribution in [2.24, 2.45) is 0 Å². The lowest BCUT2D eigenvalue weighted by molar-refractivity contribution is 0.382. The highest BCUT2D eigenvalue weighted by atomic mass is 19.1. The topological polar surface area (TPSA) is 24.5 Å². The molecule has 0 saturated heterocycles. The van der Waals surface area contributed by atoms with Gasteiger partial charge in [-0.3, -0.25) is 0 Å². The van der Waals surface area contributed by atoms with Crippen LogP contribution in [-0.4, -0.2) is 39.2 Å². The normalized spacial score (nSPS) is 12.8. The first-order valence-electron chi connectivity index (χ1n) is 6.26. The van der Waals surface area contributed by atoms with Gasteiger partial charge in [0.25, 0.3) is 0 Å². The second-order valence-corrected chi connectivity index (χ2v) is 4.73. The third kappa shape index (κ3) is 4.63. The Labute approximate surface area is 109 Å². The van der Waals surface area contributed by atoms with Crippen LogP contribution in [0, 0.1) is 5.82 Å². The number of ether oxygens (including phenoxy) is 1. The molecule has 4 heteroatoms. The first-order chi connectivity index (χ1) is 8.54. The molecule has 3 nitrogen and oxygen atoms in total. The van der Waals surface area contributed by atoms with E-state index in [0.717, 1.165) is 25.1 Å². The van der Waals surface area contributed by atoms with E-state index in [-0.39, 0.29) is 11.9 Å². The van der Waals surface area contributed by atoms with Crippen molar-refractivity contribution in [3.63, 3.8) is 0 Å². The van der Waals surface area contributed by atoms with Gasteiger partial charge in [0.2, 0.25) is 0 Å². The summed E-state index contributed by atoms with van der Waals surface area (Å²) in [6.07, 6.45) is 1.09. The summed E-state index contributed by atoms with van der Waals surface area (Å²) in [6.45, 7) is 4.08. The van der Waals surface area contributed by atoms with E-state index in [0.29, 0.717) is 5.75 Å². The van der Waals surface area contributed by atoms with Crippen molar-refractivity contribution >= 4 is 0 Å². The van der Waals surface area contributed by atoms with Crippen molar-refractivity contribution in [2.75, 3.05) is 34.3 Å². The Bertz CT molecular complexity index is 369. The van der Waals surface area contributed by atoms with Crippen LogP contribution in [0.25, 0.3) is 0 Å². The molecule has 102 valence electrons. The van der Waals surface area contributed by atoms with Gasteiger partial charge in [-0.15, -0.1) is 0 Å². The minimum atomic E-state index is -0.318. The minimum absolute atomic E-state index is 0.196. The quantitative estimate of drug-likeness (QED) is 0.756. The molecule has 18 heavy (non-hydrogen) atoms. The highest BCUT2D eigenvalue weighted by Gasteiger charge is 2.08. The highest BCUT2D eigenvalue weighted by molar-refractivity contribution is 5.31. The molecular weight excluding hydrogens is 231 g/mol. The number of hydrogen-bond acceptors (Lipinski definition) is 3. The lowest BCUT2D eigenvalue weighted by Crippen LogP contribution is -2.23. The van der Waals surface area contributed by atoms with E-state index < -0.39 is 0 Å². The van der Waals surface area contributed by atoms with Crippen molar-refractivity contribution in [2.45, 2.75) is 19.4 Å². The number of hydrogen-bond donors (Lipinski definition) is 1. The van der Waals surface area contributed by atoms with Crippen molar-refractivity contribution < 1.29 is 9.13 Å². The van der Waals surface area contributed by atoms with Gasteiger partial charge < -0.3 is 15.0 Å². The maximum absolute atomic E-state index is 13.3. The molecular formula is C14H23FN2O. The van der Waals surface area contributed by atoms with Gasteiger partial charge in [0, 0.05) is 6.04 Å². The van der Waals surface area contributed by atoms with Gasteiger partial charge in [-0.1, -0.05) is 6.07 Å². The molecule has 1 N–H and O–H groups in total. The number of rotatable bonds is 7. The monoisotopic (exact) mass is 254 g/mol. The molecule has 0 spiro atoms. The first kappa shape index (κ1) is 14.9. The van der Waals surface area contributed by atoms with E-state index in [2.05, 4.69) is 31.2 Å². The van der Waals surface area contributed by atoms with E-state index in [1.807, 2.05) is 0 Å². The molecule has 0 radical (unpaired) electrons. The zero-order valence-corrected chi connectivity index (χ0v) is 11.7. The number of nitrogens with one attached hydrogen (secondary N) is 1. The molecule has 0 aliphatic carbocycles. The van der Waals surface area contributed by atoms with E-state index in [4.69, 9.17) is 4.74 Å². The van der Waals surface area contributed by atoms with Crippen LogP contribution in [0.3, 0.4) is 0 Å². The van der Waals surface area contributed by atoms with Crippen molar-refractivity contribution in [1.82, 2.24) is 10.2 Å². The van der Waals surface area contributed by atoms with Crippen LogP contribution >= 0.6 is 0 Å². The van der Waals surface area contributed by atoms with Gasteiger partial charge in [0.05, 0.1) is 7.11 Å². The predicted octanol–water partition coefficient (Wildman–Crippen LogP) is 2.44. The Morgan fingerprint density at radius 2 is 2.11 bits per heavy atom. The average molecular weight is 254 g/mol. The fourth-order valence-corrected chi connectivity index (χ4v) is 1.78. The predicted molar refractivity (Wildman–Crippen MR) is 72.5 cm³/mol. The average Bonchev–Trinajstić information content (AvgIpc) is 2.34. The lowest BCUT2D eigenvalue weighted by atomic mass is 10.1. The van der Waals surface area contributed by atoms with Crippen molar-refractivity contribution in [3.8, 4) is 5.75 Å². The molecule has 0 aliphatic rings. The number of methoxy groups -OCH3 is 1. The molecule has 0 saturated carbocycles. The summed E-state index contributed by atoms with van der Waals surface area (Å²) in [4.78, 5) is 2.16. The fourth-order valence-electron chi connectivity index (χ4n) is 1.78. The maximum atomic E-state index is 13.3. The van der Waals surface area contributed by atoms with Crippen LogP contribution in [0.15, 0.2) is 18.2 Å². The highest BCUT2D eigenvalue weighted by Crippen LogP contribution is 2.22. The molecule has 0 fully saturated rings. The van der Waals surface area contributed by atoms with Gasteiger partial charge in [0.1, 0.15) is 0 Å². The van der Waals surface area contributed by atoms with Gasteiger partial charge in [-0.25, -0.2) is 4.39 Å². The summed E-state index contributed by atoms with van der Waals surface area (Å²) in [5.74, 6) is -0.0181. The lowest BCUT2D eigenvalue weighted by Gasteiger charge is -2.16. The SMILES string of the molecule is COc1cc(C(C)NCCCN(C)C)ccc1F. The van der Waals surface area contributed by atoms with E-state index in [1.165, 1.54) is 13.2 Å². The third-order valence-electron chi connectivity index (χ3n) is 2.91. The van der Waals surface area contributed by atoms with Crippen LogP contribution in [0.5, 0.6) is 5.75 Å². The zero-order chi connectivity index (χ0) is 13.5. The summed E-state index contributed by atoms with van der Waals surface area (Å²) in [7, 11) is 5.61. The third-order valence-corrected chi connectivity index (χ3v) is 2.91. The van der Waals surface area contributed by atoms with Gasteiger partial charge >= 0.3 is 0 Å². The molecule has 1 aromatic rings. The van der Waals surface area contributed by atoms with Crippen LogP contribution in [-0.2, 0) is 0 Å².